The summed E-state index contributed by atoms with van der Waals surface area (Å²) in [6, 6.07) is 8.94. The molecule has 0 spiro atoms. The summed E-state index contributed by atoms with van der Waals surface area (Å²) < 4.78 is 38.3. The third-order valence-corrected chi connectivity index (χ3v) is 8.19. The number of sulfonamides is 1. The Bertz CT molecular complexity index is 1210. The van der Waals surface area contributed by atoms with Crippen molar-refractivity contribution in [2.75, 3.05) is 37.5 Å². The van der Waals surface area contributed by atoms with Gasteiger partial charge in [0.2, 0.25) is 21.8 Å². The SMILES string of the molecule is COc1ccc(OC)c(NC(=O)[C@H]2Cc3cc(S(=O)(=O)N4CCCCC4)ccc3N2C(C)=O)c1. The molecule has 1 saturated heterocycles. The number of nitrogens with zero attached hydrogens (tertiary/aromatic N) is 2. The second-order valence-electron chi connectivity index (χ2n) is 8.42. The summed E-state index contributed by atoms with van der Waals surface area (Å²) in [5.74, 6) is 0.289. The van der Waals surface area contributed by atoms with E-state index in [0.717, 1.165) is 19.3 Å². The predicted octanol–water partition coefficient (Wildman–Crippen LogP) is 2.79. The van der Waals surface area contributed by atoms with Gasteiger partial charge in [0.25, 0.3) is 0 Å². The van der Waals surface area contributed by atoms with E-state index in [9.17, 15) is 18.0 Å². The molecule has 0 saturated carbocycles. The summed E-state index contributed by atoms with van der Waals surface area (Å²) in [5, 5.41) is 2.83. The topological polar surface area (TPSA) is 105 Å². The van der Waals surface area contributed by atoms with Crippen LogP contribution in [0.15, 0.2) is 41.3 Å². The maximum Gasteiger partial charge on any atom is 0.248 e. The molecule has 2 aromatic rings. The van der Waals surface area contributed by atoms with Crippen molar-refractivity contribution in [1.29, 1.82) is 0 Å². The zero-order chi connectivity index (χ0) is 24.5. The maximum absolute atomic E-state index is 13.3. The zero-order valence-corrected chi connectivity index (χ0v) is 20.4. The molecule has 0 unspecified atom stereocenters. The molecule has 2 aliphatic heterocycles. The van der Waals surface area contributed by atoms with Crippen molar-refractivity contribution in [1.82, 2.24) is 4.31 Å². The van der Waals surface area contributed by atoms with Crippen LogP contribution >= 0.6 is 0 Å². The number of amides is 2. The molecule has 2 aliphatic rings. The minimum absolute atomic E-state index is 0.187. The Morgan fingerprint density at radius 1 is 1.00 bits per heavy atom. The van der Waals surface area contributed by atoms with Crippen molar-refractivity contribution in [3.05, 3.63) is 42.0 Å². The first-order valence-corrected chi connectivity index (χ1v) is 12.7. The number of rotatable bonds is 6. The molecular formula is C24H29N3O6S. The van der Waals surface area contributed by atoms with Crippen LogP contribution in [0.2, 0.25) is 0 Å². The van der Waals surface area contributed by atoms with Crippen molar-refractivity contribution in [3.8, 4) is 11.5 Å². The van der Waals surface area contributed by atoms with E-state index in [0.29, 0.717) is 41.5 Å². The van der Waals surface area contributed by atoms with E-state index < -0.39 is 22.0 Å². The van der Waals surface area contributed by atoms with Gasteiger partial charge in [0.1, 0.15) is 17.5 Å². The Hall–Kier alpha value is -3.11. The minimum atomic E-state index is -3.63. The summed E-state index contributed by atoms with van der Waals surface area (Å²) in [5.41, 5.74) is 1.61. The van der Waals surface area contributed by atoms with Crippen LogP contribution in [0.4, 0.5) is 11.4 Å². The van der Waals surface area contributed by atoms with Gasteiger partial charge in [-0.2, -0.15) is 4.31 Å². The van der Waals surface area contributed by atoms with E-state index in [4.69, 9.17) is 9.47 Å². The van der Waals surface area contributed by atoms with Crippen LogP contribution in [-0.2, 0) is 26.0 Å². The molecular weight excluding hydrogens is 458 g/mol. The molecule has 0 bridgehead atoms. The van der Waals surface area contributed by atoms with E-state index >= 15 is 0 Å². The van der Waals surface area contributed by atoms with Crippen LogP contribution < -0.4 is 19.7 Å². The zero-order valence-electron chi connectivity index (χ0n) is 19.5. The average molecular weight is 488 g/mol. The van der Waals surface area contributed by atoms with Gasteiger partial charge < -0.3 is 14.8 Å². The Morgan fingerprint density at radius 3 is 2.38 bits per heavy atom. The lowest BCUT2D eigenvalue weighted by atomic mass is 10.1. The molecule has 34 heavy (non-hydrogen) atoms. The van der Waals surface area contributed by atoms with Crippen molar-refractivity contribution < 1.29 is 27.5 Å². The fourth-order valence-corrected chi connectivity index (χ4v) is 6.14. The third kappa shape index (κ3) is 4.47. The fourth-order valence-electron chi connectivity index (χ4n) is 4.57. The highest BCUT2D eigenvalue weighted by Gasteiger charge is 2.38. The third-order valence-electron chi connectivity index (χ3n) is 6.29. The molecule has 9 nitrogen and oxygen atoms in total. The van der Waals surface area contributed by atoms with E-state index in [1.165, 1.54) is 36.4 Å². The molecule has 4 rings (SSSR count). The predicted molar refractivity (Wildman–Crippen MR) is 128 cm³/mol. The number of piperidine rings is 1. The van der Waals surface area contributed by atoms with Gasteiger partial charge in [-0.05, 0) is 48.7 Å². The smallest absolute Gasteiger partial charge is 0.248 e. The summed E-state index contributed by atoms with van der Waals surface area (Å²) in [4.78, 5) is 27.4. The highest BCUT2D eigenvalue weighted by Crippen LogP contribution is 2.36. The van der Waals surface area contributed by atoms with Crippen molar-refractivity contribution in [3.63, 3.8) is 0 Å². The first kappa shape index (κ1) is 24.0. The first-order chi connectivity index (χ1) is 16.3. The van der Waals surface area contributed by atoms with Gasteiger partial charge >= 0.3 is 0 Å². The number of carbonyl (C=O) groups is 2. The number of benzene rings is 2. The van der Waals surface area contributed by atoms with Crippen molar-refractivity contribution in [2.45, 2.75) is 43.5 Å². The molecule has 1 N–H and O–H groups in total. The monoisotopic (exact) mass is 487 g/mol. The summed E-state index contributed by atoms with van der Waals surface area (Å²) in [7, 11) is -0.608. The van der Waals surface area contributed by atoms with Gasteiger partial charge in [-0.1, -0.05) is 6.42 Å². The molecule has 10 heteroatoms. The number of carbonyl (C=O) groups excluding carboxylic acids is 2. The quantitative estimate of drug-likeness (QED) is 0.672. The maximum atomic E-state index is 13.3. The van der Waals surface area contributed by atoms with Crippen LogP contribution in [0.3, 0.4) is 0 Å². The van der Waals surface area contributed by atoms with Crippen molar-refractivity contribution >= 4 is 33.2 Å². The van der Waals surface area contributed by atoms with Gasteiger partial charge in [-0.25, -0.2) is 8.42 Å². The molecule has 2 amide bonds. The molecule has 0 aliphatic carbocycles. The van der Waals surface area contributed by atoms with E-state index in [2.05, 4.69) is 5.32 Å². The van der Waals surface area contributed by atoms with Crippen LogP contribution in [0.5, 0.6) is 11.5 Å². The number of hydrogen-bond acceptors (Lipinski definition) is 6. The average Bonchev–Trinajstić information content (AvgIpc) is 3.24. The Labute approximate surface area is 199 Å². The lowest BCUT2D eigenvalue weighted by Gasteiger charge is -2.26. The van der Waals surface area contributed by atoms with E-state index in [1.54, 1.807) is 30.3 Å². The van der Waals surface area contributed by atoms with Crippen LogP contribution in [-0.4, -0.2) is 57.9 Å². The van der Waals surface area contributed by atoms with Gasteiger partial charge in [0.15, 0.2) is 0 Å². The summed E-state index contributed by atoms with van der Waals surface area (Å²) in [6.07, 6.45) is 2.92. The highest BCUT2D eigenvalue weighted by molar-refractivity contribution is 7.89. The van der Waals surface area contributed by atoms with E-state index in [-0.39, 0.29) is 17.2 Å². The summed E-state index contributed by atoms with van der Waals surface area (Å²) >= 11 is 0. The highest BCUT2D eigenvalue weighted by atomic mass is 32.2. The van der Waals surface area contributed by atoms with E-state index in [1.807, 2.05) is 0 Å². The molecule has 1 atom stereocenters. The minimum Gasteiger partial charge on any atom is -0.497 e. The molecule has 0 radical (unpaired) electrons. The van der Waals surface area contributed by atoms with Gasteiger partial charge in [0, 0.05) is 38.2 Å². The number of fused-ring (bicyclic) bond motifs is 1. The lowest BCUT2D eigenvalue weighted by molar-refractivity contribution is -0.122. The van der Waals surface area contributed by atoms with Gasteiger partial charge in [-0.15, -0.1) is 0 Å². The second-order valence-corrected chi connectivity index (χ2v) is 10.4. The molecule has 2 aromatic carbocycles. The normalized spacial score (nSPS) is 18.3. The second kappa shape index (κ2) is 9.63. The number of methoxy groups -OCH3 is 2. The lowest BCUT2D eigenvalue weighted by Crippen LogP contribution is -2.44. The Morgan fingerprint density at radius 2 is 1.74 bits per heavy atom. The van der Waals surface area contributed by atoms with Crippen LogP contribution in [0.25, 0.3) is 0 Å². The largest absolute Gasteiger partial charge is 0.497 e. The fraction of sp³-hybridized carbons (Fsp3) is 0.417. The van der Waals surface area contributed by atoms with Crippen LogP contribution in [0, 0.1) is 0 Å². The summed E-state index contributed by atoms with van der Waals surface area (Å²) in [6.45, 7) is 2.40. The molecule has 182 valence electrons. The van der Waals surface area contributed by atoms with Gasteiger partial charge in [-0.3, -0.25) is 14.5 Å². The van der Waals surface area contributed by atoms with Crippen LogP contribution in [0.1, 0.15) is 31.7 Å². The Balaban J connectivity index is 1.62. The van der Waals surface area contributed by atoms with Gasteiger partial charge in [0.05, 0.1) is 24.8 Å². The number of nitrogens with one attached hydrogen (secondary N) is 1. The molecule has 0 aromatic heterocycles. The number of hydrogen-bond donors (Lipinski definition) is 1. The first-order valence-electron chi connectivity index (χ1n) is 11.2. The molecule has 2 heterocycles. The van der Waals surface area contributed by atoms with Crippen molar-refractivity contribution in [2.24, 2.45) is 0 Å². The Kier molecular flexibility index (Phi) is 6.81. The standard InChI is InChI=1S/C24H29N3O6S/c1-16(28)27-21-9-8-19(34(30,31)26-11-5-4-6-12-26)13-17(21)14-22(27)24(29)25-20-15-18(32-2)7-10-23(20)33-3/h7-10,13,15,22H,4-6,11-12,14H2,1-3H3,(H,25,29)/t22-/m1/s1. The number of anilines is 2. The number of ether oxygens (including phenoxy) is 2. The molecule has 1 fully saturated rings.